The Kier molecular flexibility index (Phi) is 5.77. The van der Waals surface area contributed by atoms with Crippen molar-refractivity contribution in [2.75, 3.05) is 19.7 Å². The summed E-state index contributed by atoms with van der Waals surface area (Å²) in [5.74, 6) is 0. The van der Waals surface area contributed by atoms with E-state index in [1.807, 2.05) is 0 Å². The van der Waals surface area contributed by atoms with Crippen LogP contribution < -0.4 is 10.6 Å². The highest BCUT2D eigenvalue weighted by molar-refractivity contribution is 5.67. The van der Waals surface area contributed by atoms with Gasteiger partial charge in [-0.05, 0) is 20.8 Å². The third kappa shape index (κ3) is 9.08. The number of carbonyl (C=O) groups excluding carboxylic acids is 1. The van der Waals surface area contributed by atoms with Crippen LogP contribution in [-0.4, -0.2) is 36.5 Å². The van der Waals surface area contributed by atoms with Crippen LogP contribution in [0.1, 0.15) is 20.8 Å². The number of ether oxygens (including phenoxy) is 1. The van der Waals surface area contributed by atoms with Crippen LogP contribution in [-0.2, 0) is 4.74 Å². The molecule has 0 aliphatic heterocycles. The fourth-order valence-corrected chi connectivity index (χ4v) is 0.788. The molecule has 1 amide bonds. The monoisotopic (exact) mass is 216 g/mol. The molecule has 0 aliphatic carbocycles. The molecule has 0 unspecified atom stereocenters. The van der Waals surface area contributed by atoms with Gasteiger partial charge in [-0.1, -0.05) is 6.58 Å². The first-order valence-corrected chi connectivity index (χ1v) is 4.84. The summed E-state index contributed by atoms with van der Waals surface area (Å²) in [6.07, 6.45) is -0.477. The maximum atomic E-state index is 11.2. The van der Waals surface area contributed by atoms with Gasteiger partial charge in [0, 0.05) is 12.2 Å². The number of hydrogen-bond acceptors (Lipinski definition) is 4. The summed E-state index contributed by atoms with van der Waals surface area (Å²) < 4.78 is 5.02. The van der Waals surface area contributed by atoms with Gasteiger partial charge in [0.05, 0.1) is 13.2 Å². The van der Waals surface area contributed by atoms with Crippen molar-refractivity contribution < 1.29 is 14.6 Å². The fraction of sp³-hybridized carbons (Fsp3) is 0.700. The maximum Gasteiger partial charge on any atom is 0.407 e. The molecule has 0 atom stereocenters. The third-order valence-electron chi connectivity index (χ3n) is 1.33. The Morgan fingerprint density at radius 3 is 2.47 bits per heavy atom. The molecule has 0 spiro atoms. The minimum Gasteiger partial charge on any atom is -0.444 e. The van der Waals surface area contributed by atoms with Crippen molar-refractivity contribution in [1.29, 1.82) is 0 Å². The summed E-state index contributed by atoms with van der Waals surface area (Å²) in [4.78, 5) is 11.2. The molecule has 0 aromatic heterocycles. The molecule has 0 aromatic rings. The van der Waals surface area contributed by atoms with Crippen LogP contribution >= 0.6 is 0 Å². The van der Waals surface area contributed by atoms with E-state index >= 15 is 0 Å². The van der Waals surface area contributed by atoms with Crippen molar-refractivity contribution in [1.82, 2.24) is 10.6 Å². The largest absolute Gasteiger partial charge is 0.444 e. The lowest BCUT2D eigenvalue weighted by Crippen LogP contribution is -2.35. The topological polar surface area (TPSA) is 70.6 Å². The molecule has 15 heavy (non-hydrogen) atoms. The van der Waals surface area contributed by atoms with Crippen LogP contribution in [0.4, 0.5) is 4.79 Å². The van der Waals surface area contributed by atoms with Crippen LogP contribution in [0.2, 0.25) is 0 Å². The second-order valence-electron chi connectivity index (χ2n) is 4.11. The predicted molar refractivity (Wildman–Crippen MR) is 58.5 cm³/mol. The summed E-state index contributed by atoms with van der Waals surface area (Å²) in [6, 6.07) is 0. The predicted octanol–water partition coefficient (Wildman–Crippen LogP) is 0.607. The Balaban J connectivity index is 3.67. The van der Waals surface area contributed by atoms with E-state index in [4.69, 9.17) is 9.84 Å². The lowest BCUT2D eigenvalue weighted by Gasteiger charge is -2.20. The maximum absolute atomic E-state index is 11.2. The van der Waals surface area contributed by atoms with Gasteiger partial charge in [-0.3, -0.25) is 0 Å². The summed E-state index contributed by atoms with van der Waals surface area (Å²) in [5.41, 5.74) is 0.138. The first-order valence-electron chi connectivity index (χ1n) is 4.84. The number of aliphatic hydroxyl groups is 1. The molecule has 0 aliphatic rings. The number of nitrogens with one attached hydrogen (secondary N) is 2. The average molecular weight is 216 g/mol. The second-order valence-corrected chi connectivity index (χ2v) is 4.11. The lowest BCUT2D eigenvalue weighted by atomic mass is 10.2. The zero-order valence-corrected chi connectivity index (χ0v) is 9.59. The van der Waals surface area contributed by atoms with Gasteiger partial charge in [0.25, 0.3) is 0 Å². The zero-order chi connectivity index (χ0) is 11.9. The Hall–Kier alpha value is -1.23. The smallest absolute Gasteiger partial charge is 0.407 e. The number of aliphatic hydroxyl groups excluding tert-OH is 1. The minimum absolute atomic E-state index is 0.0332. The molecule has 0 bridgehead atoms. The van der Waals surface area contributed by atoms with Gasteiger partial charge in [-0.25, -0.2) is 4.79 Å². The number of amides is 1. The van der Waals surface area contributed by atoms with Crippen molar-refractivity contribution in [2.24, 2.45) is 0 Å². The van der Waals surface area contributed by atoms with Gasteiger partial charge in [-0.2, -0.15) is 0 Å². The molecule has 0 radical (unpaired) electrons. The summed E-state index contributed by atoms with van der Waals surface area (Å²) in [7, 11) is 0. The molecule has 5 heteroatoms. The van der Waals surface area contributed by atoms with E-state index in [9.17, 15) is 4.79 Å². The summed E-state index contributed by atoms with van der Waals surface area (Å²) in [6.45, 7) is 9.80. The lowest BCUT2D eigenvalue weighted by molar-refractivity contribution is 0.0532. The highest BCUT2D eigenvalue weighted by Crippen LogP contribution is 2.06. The van der Waals surface area contributed by atoms with E-state index in [1.165, 1.54) is 0 Å². The molecule has 0 heterocycles. The van der Waals surface area contributed by atoms with Crippen molar-refractivity contribution >= 4 is 6.09 Å². The fourth-order valence-electron chi connectivity index (χ4n) is 0.788. The Morgan fingerprint density at radius 1 is 1.40 bits per heavy atom. The Bertz CT molecular complexity index is 221. The molecule has 88 valence electrons. The quantitative estimate of drug-likeness (QED) is 0.629. The zero-order valence-electron chi connectivity index (χ0n) is 9.59. The van der Waals surface area contributed by atoms with E-state index in [1.54, 1.807) is 20.8 Å². The normalized spacial score (nSPS) is 10.7. The molecule has 3 N–H and O–H groups in total. The molecule has 0 saturated carbocycles. The summed E-state index contributed by atoms with van der Waals surface area (Å²) in [5, 5.41) is 13.9. The van der Waals surface area contributed by atoms with Gasteiger partial charge in [0.1, 0.15) is 5.60 Å². The Morgan fingerprint density at radius 2 is 2.00 bits per heavy atom. The van der Waals surface area contributed by atoms with Crippen LogP contribution in [0, 0.1) is 0 Å². The molecule has 5 nitrogen and oxygen atoms in total. The van der Waals surface area contributed by atoms with Crippen molar-refractivity contribution in [3.63, 3.8) is 0 Å². The Labute approximate surface area is 90.5 Å². The van der Waals surface area contributed by atoms with Gasteiger partial charge in [0.2, 0.25) is 0 Å². The average Bonchev–Trinajstić information content (AvgIpc) is 2.08. The minimum atomic E-state index is -0.496. The van der Waals surface area contributed by atoms with Crippen molar-refractivity contribution in [3.8, 4) is 0 Å². The van der Waals surface area contributed by atoms with Crippen LogP contribution in [0.25, 0.3) is 0 Å². The molecule has 0 rings (SSSR count). The van der Waals surface area contributed by atoms with E-state index < -0.39 is 11.7 Å². The van der Waals surface area contributed by atoms with Crippen molar-refractivity contribution in [3.05, 3.63) is 12.3 Å². The molecule has 0 fully saturated rings. The highest BCUT2D eigenvalue weighted by Gasteiger charge is 2.15. The van der Waals surface area contributed by atoms with Gasteiger partial charge < -0.3 is 20.5 Å². The first-order chi connectivity index (χ1) is 6.85. The van der Waals surface area contributed by atoms with E-state index in [0.29, 0.717) is 12.2 Å². The van der Waals surface area contributed by atoms with Crippen molar-refractivity contribution in [2.45, 2.75) is 26.4 Å². The number of hydrogen-bond donors (Lipinski definition) is 3. The van der Waals surface area contributed by atoms with Crippen LogP contribution in [0.5, 0.6) is 0 Å². The molecular weight excluding hydrogens is 196 g/mol. The van der Waals surface area contributed by atoms with Crippen LogP contribution in [0.3, 0.4) is 0 Å². The first kappa shape index (κ1) is 13.8. The standard InChI is InChI=1S/C10H20N2O3/c1-8(11-5-6-13)7-12-9(14)15-10(2,3)4/h11,13H,1,5-7H2,2-4H3,(H,12,14). The van der Waals surface area contributed by atoms with E-state index in [-0.39, 0.29) is 13.2 Å². The highest BCUT2D eigenvalue weighted by atomic mass is 16.6. The molecule has 0 saturated heterocycles. The summed E-state index contributed by atoms with van der Waals surface area (Å²) >= 11 is 0. The van der Waals surface area contributed by atoms with Gasteiger partial charge in [-0.15, -0.1) is 0 Å². The number of rotatable bonds is 5. The molecular formula is C10H20N2O3. The third-order valence-corrected chi connectivity index (χ3v) is 1.33. The van der Waals surface area contributed by atoms with Gasteiger partial charge in [0.15, 0.2) is 0 Å². The van der Waals surface area contributed by atoms with Crippen LogP contribution in [0.15, 0.2) is 12.3 Å². The number of carbonyl (C=O) groups is 1. The molecule has 0 aromatic carbocycles. The SMILES string of the molecule is C=C(CNC(=O)OC(C)(C)C)NCCO. The number of alkyl carbamates (subject to hydrolysis) is 1. The van der Waals surface area contributed by atoms with E-state index in [2.05, 4.69) is 17.2 Å². The van der Waals surface area contributed by atoms with E-state index in [0.717, 1.165) is 0 Å². The second kappa shape index (κ2) is 6.29. The van der Waals surface area contributed by atoms with Gasteiger partial charge >= 0.3 is 6.09 Å².